The monoisotopic (exact) mass is 343 g/mol. The average molecular weight is 344 g/mol. The number of likely N-dealkylation sites (tertiary alicyclic amines) is 1. The molecule has 1 aromatic rings. The summed E-state index contributed by atoms with van der Waals surface area (Å²) in [5.41, 5.74) is -0.116. The summed E-state index contributed by atoms with van der Waals surface area (Å²) in [6.45, 7) is 6.19. The second kappa shape index (κ2) is 7.05. The number of carbonyl (C=O) groups is 1. The number of amides is 1. The van der Waals surface area contributed by atoms with E-state index in [-0.39, 0.29) is 11.7 Å². The zero-order valence-corrected chi connectivity index (χ0v) is 14.4. The maximum Gasteiger partial charge on any atom is 0.410 e. The number of benzene rings is 1. The molecule has 1 aromatic carbocycles. The molecule has 0 radical (unpaired) electrons. The number of halogens is 2. The van der Waals surface area contributed by atoms with Gasteiger partial charge in [0.2, 0.25) is 0 Å². The van der Waals surface area contributed by atoms with E-state index < -0.39 is 17.8 Å². The fraction of sp³-hybridized carbons (Fsp3) is 0.588. The van der Waals surface area contributed by atoms with Gasteiger partial charge in [0.05, 0.1) is 6.10 Å². The van der Waals surface area contributed by atoms with Crippen molar-refractivity contribution < 1.29 is 19.0 Å². The van der Waals surface area contributed by atoms with Crippen molar-refractivity contribution in [2.24, 2.45) is 5.92 Å². The van der Waals surface area contributed by atoms with Crippen LogP contribution in [0.3, 0.4) is 0 Å². The normalized spacial score (nSPS) is 22.1. The zero-order chi connectivity index (χ0) is 17.2. The van der Waals surface area contributed by atoms with Crippen molar-refractivity contribution >= 4 is 17.7 Å². The average Bonchev–Trinajstić information content (AvgIpc) is 2.43. The molecule has 2 atom stereocenters. The molecule has 0 spiro atoms. The third-order valence-electron chi connectivity index (χ3n) is 3.84. The molecule has 128 valence electrons. The van der Waals surface area contributed by atoms with E-state index >= 15 is 0 Å². The van der Waals surface area contributed by atoms with Crippen LogP contribution in [0.15, 0.2) is 18.2 Å². The summed E-state index contributed by atoms with van der Waals surface area (Å²) in [4.78, 5) is 13.7. The first kappa shape index (κ1) is 18.0. The van der Waals surface area contributed by atoms with Crippen LogP contribution in [-0.2, 0) is 11.2 Å². The Bertz CT molecular complexity index is 573. The fourth-order valence-electron chi connectivity index (χ4n) is 2.69. The van der Waals surface area contributed by atoms with Gasteiger partial charge in [-0.05, 0) is 57.4 Å². The lowest BCUT2D eigenvalue weighted by molar-refractivity contribution is -0.00835. The molecule has 0 saturated carbocycles. The van der Waals surface area contributed by atoms with Gasteiger partial charge in [0, 0.05) is 24.0 Å². The molecule has 0 bridgehead atoms. The summed E-state index contributed by atoms with van der Waals surface area (Å²) >= 11 is 5.91. The van der Waals surface area contributed by atoms with Gasteiger partial charge in [-0.25, -0.2) is 9.18 Å². The quantitative estimate of drug-likeness (QED) is 0.892. The summed E-state index contributed by atoms with van der Waals surface area (Å²) in [6, 6.07) is 4.37. The molecule has 0 aliphatic carbocycles. The van der Waals surface area contributed by atoms with E-state index in [2.05, 4.69) is 0 Å². The van der Waals surface area contributed by atoms with Crippen molar-refractivity contribution in [3.05, 3.63) is 34.6 Å². The van der Waals surface area contributed by atoms with Crippen LogP contribution in [0.1, 0.15) is 32.8 Å². The third-order valence-corrected chi connectivity index (χ3v) is 4.07. The highest BCUT2D eigenvalue weighted by atomic mass is 35.5. The highest BCUT2D eigenvalue weighted by molar-refractivity contribution is 6.30. The summed E-state index contributed by atoms with van der Waals surface area (Å²) < 4.78 is 19.2. The van der Waals surface area contributed by atoms with Crippen LogP contribution < -0.4 is 0 Å². The number of hydrogen-bond donors (Lipinski definition) is 1. The molecule has 2 rings (SSSR count). The van der Waals surface area contributed by atoms with Gasteiger partial charge in [-0.15, -0.1) is 0 Å². The minimum absolute atomic E-state index is 0.246. The van der Waals surface area contributed by atoms with E-state index in [1.165, 1.54) is 12.1 Å². The number of piperidine rings is 1. The minimum Gasteiger partial charge on any atom is -0.444 e. The highest BCUT2D eigenvalue weighted by Gasteiger charge is 2.33. The van der Waals surface area contributed by atoms with E-state index in [0.717, 1.165) is 0 Å². The molecule has 1 saturated heterocycles. The van der Waals surface area contributed by atoms with Crippen LogP contribution in [0.25, 0.3) is 0 Å². The Hall–Kier alpha value is -1.33. The summed E-state index contributed by atoms with van der Waals surface area (Å²) in [7, 11) is 0. The molecule has 2 unspecified atom stereocenters. The van der Waals surface area contributed by atoms with Crippen molar-refractivity contribution in [1.82, 2.24) is 4.90 Å². The number of hydrogen-bond acceptors (Lipinski definition) is 3. The Kier molecular flexibility index (Phi) is 5.53. The summed E-state index contributed by atoms with van der Waals surface area (Å²) in [5.74, 6) is -0.597. The van der Waals surface area contributed by atoms with Gasteiger partial charge in [0.1, 0.15) is 11.4 Å². The van der Waals surface area contributed by atoms with E-state index in [1.54, 1.807) is 11.0 Å². The number of aliphatic hydroxyl groups is 1. The first-order valence-electron chi connectivity index (χ1n) is 7.75. The summed E-state index contributed by atoms with van der Waals surface area (Å²) in [6.07, 6.45) is -0.202. The minimum atomic E-state index is -0.577. The van der Waals surface area contributed by atoms with E-state index in [4.69, 9.17) is 16.3 Å². The third kappa shape index (κ3) is 5.08. The van der Waals surface area contributed by atoms with Crippen molar-refractivity contribution in [2.45, 2.75) is 45.3 Å². The van der Waals surface area contributed by atoms with Gasteiger partial charge in [-0.1, -0.05) is 11.6 Å². The Morgan fingerprint density at radius 1 is 1.48 bits per heavy atom. The molecule has 1 amide bonds. The molecular formula is C17H23ClFNO3. The second-order valence-corrected chi connectivity index (χ2v) is 7.42. The van der Waals surface area contributed by atoms with Crippen LogP contribution >= 0.6 is 11.6 Å². The molecule has 6 heteroatoms. The second-order valence-electron chi connectivity index (χ2n) is 6.98. The van der Waals surface area contributed by atoms with Crippen molar-refractivity contribution in [1.29, 1.82) is 0 Å². The highest BCUT2D eigenvalue weighted by Crippen LogP contribution is 2.25. The lowest BCUT2D eigenvalue weighted by atomic mass is 9.88. The lowest BCUT2D eigenvalue weighted by Gasteiger charge is -2.37. The predicted molar refractivity (Wildman–Crippen MR) is 87.0 cm³/mol. The van der Waals surface area contributed by atoms with Gasteiger partial charge in [-0.3, -0.25) is 0 Å². The SMILES string of the molecule is CC(C)(C)OC(=O)N1CCC(O)C(Cc2cc(Cl)ccc2F)C1. The first-order valence-corrected chi connectivity index (χ1v) is 8.13. The number of nitrogens with zero attached hydrogens (tertiary/aromatic N) is 1. The maximum absolute atomic E-state index is 13.9. The Morgan fingerprint density at radius 3 is 2.83 bits per heavy atom. The summed E-state index contributed by atoms with van der Waals surface area (Å²) in [5, 5.41) is 10.6. The van der Waals surface area contributed by atoms with E-state index in [9.17, 15) is 14.3 Å². The molecule has 0 aromatic heterocycles. The van der Waals surface area contributed by atoms with Gasteiger partial charge >= 0.3 is 6.09 Å². The van der Waals surface area contributed by atoms with Crippen LogP contribution in [0.5, 0.6) is 0 Å². The van der Waals surface area contributed by atoms with Crippen molar-refractivity contribution in [3.63, 3.8) is 0 Å². The van der Waals surface area contributed by atoms with Crippen molar-refractivity contribution in [3.8, 4) is 0 Å². The number of ether oxygens (including phenoxy) is 1. The molecule has 23 heavy (non-hydrogen) atoms. The molecule has 1 heterocycles. The fourth-order valence-corrected chi connectivity index (χ4v) is 2.89. The largest absolute Gasteiger partial charge is 0.444 e. The molecule has 1 aliphatic rings. The predicted octanol–water partition coefficient (Wildman–Crippen LogP) is 3.64. The van der Waals surface area contributed by atoms with Crippen LogP contribution in [0.4, 0.5) is 9.18 Å². The molecule has 1 N–H and O–H groups in total. The smallest absolute Gasteiger partial charge is 0.410 e. The van der Waals surface area contributed by atoms with Gasteiger partial charge in [0.15, 0.2) is 0 Å². The van der Waals surface area contributed by atoms with E-state index in [0.29, 0.717) is 36.5 Å². The number of carbonyl (C=O) groups excluding carboxylic acids is 1. The lowest BCUT2D eigenvalue weighted by Crippen LogP contribution is -2.48. The topological polar surface area (TPSA) is 49.8 Å². The van der Waals surface area contributed by atoms with Crippen LogP contribution in [0, 0.1) is 11.7 Å². The van der Waals surface area contributed by atoms with Crippen LogP contribution in [0.2, 0.25) is 5.02 Å². The molecule has 1 fully saturated rings. The number of rotatable bonds is 2. The maximum atomic E-state index is 13.9. The standard InChI is InChI=1S/C17H23ClFNO3/c1-17(2,3)23-16(22)20-7-6-15(21)12(10-20)8-11-9-13(18)4-5-14(11)19/h4-5,9,12,15,21H,6-8,10H2,1-3H3. The number of aliphatic hydroxyl groups excluding tert-OH is 1. The van der Waals surface area contributed by atoms with Gasteiger partial charge in [0.25, 0.3) is 0 Å². The van der Waals surface area contributed by atoms with Gasteiger partial charge < -0.3 is 14.7 Å². The Morgan fingerprint density at radius 2 is 2.17 bits per heavy atom. The van der Waals surface area contributed by atoms with Gasteiger partial charge in [-0.2, -0.15) is 0 Å². The van der Waals surface area contributed by atoms with E-state index in [1.807, 2.05) is 20.8 Å². The molecule has 1 aliphatic heterocycles. The Labute approximate surface area is 141 Å². The van der Waals surface area contributed by atoms with Crippen molar-refractivity contribution in [2.75, 3.05) is 13.1 Å². The zero-order valence-electron chi connectivity index (χ0n) is 13.7. The first-order chi connectivity index (χ1) is 10.7. The Balaban J connectivity index is 2.06. The van der Waals surface area contributed by atoms with Crippen LogP contribution in [-0.4, -0.2) is 40.9 Å². The molecular weight excluding hydrogens is 321 g/mol. The molecule has 4 nitrogen and oxygen atoms in total.